The number of para-hydroxylation sites is 2. The Morgan fingerprint density at radius 2 is 1.76 bits per heavy atom. The molecule has 2 aromatic carbocycles. The van der Waals surface area contributed by atoms with Crippen molar-refractivity contribution in [1.82, 2.24) is 4.90 Å². The Bertz CT molecular complexity index is 757. The average Bonchev–Trinajstić information content (AvgIpc) is 2.61. The lowest BCUT2D eigenvalue weighted by Gasteiger charge is -2.42. The van der Waals surface area contributed by atoms with Gasteiger partial charge >= 0.3 is 0 Å². The van der Waals surface area contributed by atoms with Crippen molar-refractivity contribution in [1.29, 1.82) is 0 Å². The Morgan fingerprint density at radius 3 is 2.48 bits per heavy atom. The first-order valence-corrected chi connectivity index (χ1v) is 8.96. The van der Waals surface area contributed by atoms with Crippen molar-refractivity contribution in [3.05, 3.63) is 59.7 Å². The predicted molar refractivity (Wildman–Crippen MR) is 101 cm³/mol. The molecule has 2 aromatic rings. The molecule has 0 saturated heterocycles. The summed E-state index contributed by atoms with van der Waals surface area (Å²) < 4.78 is 6.01. The standard InChI is InChI=1S/C21H26N2O2/c1-5-15(4)23-20(17-11-7-9-13-19(17)25-14(2)3)22-18-12-8-6-10-16(18)21(23)24/h6-15,20,22H,5H2,1-4H3. The van der Waals surface area contributed by atoms with Gasteiger partial charge < -0.3 is 15.0 Å². The van der Waals surface area contributed by atoms with E-state index in [1.807, 2.05) is 67.3 Å². The Kier molecular flexibility index (Phi) is 4.98. The zero-order valence-corrected chi connectivity index (χ0v) is 15.3. The smallest absolute Gasteiger partial charge is 0.258 e. The first-order chi connectivity index (χ1) is 12.0. The predicted octanol–water partition coefficient (Wildman–Crippen LogP) is 4.84. The quantitative estimate of drug-likeness (QED) is 0.848. The summed E-state index contributed by atoms with van der Waals surface area (Å²) in [6.07, 6.45) is 0.719. The topological polar surface area (TPSA) is 41.6 Å². The molecule has 0 fully saturated rings. The van der Waals surface area contributed by atoms with E-state index < -0.39 is 0 Å². The maximum absolute atomic E-state index is 13.2. The van der Waals surface area contributed by atoms with Gasteiger partial charge in [0, 0.05) is 17.3 Å². The summed E-state index contributed by atoms with van der Waals surface area (Å²) in [5, 5.41) is 3.55. The summed E-state index contributed by atoms with van der Waals surface area (Å²) in [4.78, 5) is 15.1. The third kappa shape index (κ3) is 3.34. The van der Waals surface area contributed by atoms with E-state index in [4.69, 9.17) is 4.74 Å². The minimum absolute atomic E-state index is 0.0630. The van der Waals surface area contributed by atoms with Gasteiger partial charge in [-0.15, -0.1) is 0 Å². The number of carbonyl (C=O) groups excluding carboxylic acids is 1. The van der Waals surface area contributed by atoms with Crippen molar-refractivity contribution in [3.63, 3.8) is 0 Å². The summed E-state index contributed by atoms with van der Waals surface area (Å²) in [7, 11) is 0. The van der Waals surface area contributed by atoms with Crippen LogP contribution < -0.4 is 10.1 Å². The molecule has 1 aliphatic heterocycles. The molecule has 1 aliphatic rings. The number of carbonyl (C=O) groups is 1. The summed E-state index contributed by atoms with van der Waals surface area (Å²) in [5.41, 5.74) is 2.58. The molecule has 1 N–H and O–H groups in total. The van der Waals surface area contributed by atoms with Crippen molar-refractivity contribution in [2.45, 2.75) is 52.4 Å². The highest BCUT2D eigenvalue weighted by Crippen LogP contribution is 2.38. The Morgan fingerprint density at radius 1 is 1.08 bits per heavy atom. The fraction of sp³-hybridized carbons (Fsp3) is 0.381. The van der Waals surface area contributed by atoms with Crippen molar-refractivity contribution < 1.29 is 9.53 Å². The van der Waals surface area contributed by atoms with Crippen LogP contribution in [0.3, 0.4) is 0 Å². The van der Waals surface area contributed by atoms with Crippen LogP contribution in [0.15, 0.2) is 48.5 Å². The molecular weight excluding hydrogens is 312 g/mol. The van der Waals surface area contributed by atoms with Gasteiger partial charge in [-0.25, -0.2) is 0 Å². The van der Waals surface area contributed by atoms with Gasteiger partial charge in [0.2, 0.25) is 0 Å². The van der Waals surface area contributed by atoms with Gasteiger partial charge in [0.1, 0.15) is 11.9 Å². The highest BCUT2D eigenvalue weighted by Gasteiger charge is 2.36. The van der Waals surface area contributed by atoms with E-state index in [0.717, 1.165) is 29.0 Å². The summed E-state index contributed by atoms with van der Waals surface area (Å²) in [6, 6.07) is 15.8. The van der Waals surface area contributed by atoms with Crippen molar-refractivity contribution in [2.24, 2.45) is 0 Å². The van der Waals surface area contributed by atoms with Gasteiger partial charge in [0.15, 0.2) is 0 Å². The number of hydrogen-bond donors (Lipinski definition) is 1. The maximum Gasteiger partial charge on any atom is 0.258 e. The highest BCUT2D eigenvalue weighted by molar-refractivity contribution is 6.02. The molecule has 132 valence electrons. The number of rotatable bonds is 5. The van der Waals surface area contributed by atoms with Gasteiger partial charge in [0.05, 0.1) is 11.7 Å². The second-order valence-corrected chi connectivity index (χ2v) is 6.77. The average molecular weight is 338 g/mol. The minimum Gasteiger partial charge on any atom is -0.491 e. The monoisotopic (exact) mass is 338 g/mol. The molecule has 0 spiro atoms. The molecule has 2 unspecified atom stereocenters. The lowest BCUT2D eigenvalue weighted by Crippen LogP contribution is -2.47. The van der Waals surface area contributed by atoms with E-state index >= 15 is 0 Å². The van der Waals surface area contributed by atoms with Gasteiger partial charge in [-0.05, 0) is 45.4 Å². The molecule has 0 aromatic heterocycles. The molecule has 0 aliphatic carbocycles. The van der Waals surface area contributed by atoms with Gasteiger partial charge in [-0.2, -0.15) is 0 Å². The fourth-order valence-electron chi connectivity index (χ4n) is 3.22. The van der Waals surface area contributed by atoms with Crippen LogP contribution in [0.5, 0.6) is 5.75 Å². The van der Waals surface area contributed by atoms with Gasteiger partial charge in [-0.3, -0.25) is 4.79 Å². The summed E-state index contributed by atoms with van der Waals surface area (Å²) in [6.45, 7) is 8.22. The van der Waals surface area contributed by atoms with Crippen molar-refractivity contribution in [3.8, 4) is 5.75 Å². The van der Waals surface area contributed by atoms with E-state index in [0.29, 0.717) is 0 Å². The van der Waals surface area contributed by atoms with Crippen molar-refractivity contribution >= 4 is 11.6 Å². The Hall–Kier alpha value is -2.49. The second kappa shape index (κ2) is 7.18. The van der Waals surface area contributed by atoms with Gasteiger partial charge in [-0.1, -0.05) is 37.3 Å². The van der Waals surface area contributed by atoms with Crippen LogP contribution in [0.25, 0.3) is 0 Å². The molecule has 3 rings (SSSR count). The number of amides is 1. The van der Waals surface area contributed by atoms with Crippen LogP contribution in [0, 0.1) is 0 Å². The molecule has 0 radical (unpaired) electrons. The number of benzene rings is 2. The number of ether oxygens (including phenoxy) is 1. The fourth-order valence-corrected chi connectivity index (χ4v) is 3.22. The highest BCUT2D eigenvalue weighted by atomic mass is 16.5. The van der Waals surface area contributed by atoms with Crippen LogP contribution in [0.2, 0.25) is 0 Å². The normalized spacial score (nSPS) is 17.9. The van der Waals surface area contributed by atoms with Crippen LogP contribution >= 0.6 is 0 Å². The zero-order chi connectivity index (χ0) is 18.0. The van der Waals surface area contributed by atoms with E-state index in [2.05, 4.69) is 19.2 Å². The summed E-state index contributed by atoms with van der Waals surface area (Å²) >= 11 is 0. The van der Waals surface area contributed by atoms with Crippen LogP contribution in [0.1, 0.15) is 56.2 Å². The van der Waals surface area contributed by atoms with Crippen LogP contribution in [0.4, 0.5) is 5.69 Å². The first kappa shape index (κ1) is 17.3. The Labute approximate surface area is 149 Å². The third-order valence-corrected chi connectivity index (χ3v) is 4.60. The first-order valence-electron chi connectivity index (χ1n) is 8.96. The van der Waals surface area contributed by atoms with E-state index in [1.165, 1.54) is 0 Å². The lowest BCUT2D eigenvalue weighted by molar-refractivity contribution is 0.0589. The minimum atomic E-state index is -0.243. The van der Waals surface area contributed by atoms with E-state index in [-0.39, 0.29) is 24.2 Å². The molecule has 0 bridgehead atoms. The number of hydrogen-bond acceptors (Lipinski definition) is 3. The third-order valence-electron chi connectivity index (χ3n) is 4.60. The molecule has 25 heavy (non-hydrogen) atoms. The molecule has 1 heterocycles. The van der Waals surface area contributed by atoms with Crippen molar-refractivity contribution in [2.75, 3.05) is 5.32 Å². The largest absolute Gasteiger partial charge is 0.491 e. The zero-order valence-electron chi connectivity index (χ0n) is 15.3. The molecule has 0 saturated carbocycles. The van der Waals surface area contributed by atoms with E-state index in [1.54, 1.807) is 0 Å². The number of anilines is 1. The SMILES string of the molecule is CCC(C)N1C(=O)c2ccccc2NC1c1ccccc1OC(C)C. The number of fused-ring (bicyclic) bond motifs is 1. The van der Waals surface area contributed by atoms with Crippen LogP contribution in [-0.2, 0) is 0 Å². The molecule has 4 heteroatoms. The van der Waals surface area contributed by atoms with Gasteiger partial charge in [0.25, 0.3) is 5.91 Å². The molecule has 1 amide bonds. The number of nitrogens with one attached hydrogen (secondary N) is 1. The molecule has 4 nitrogen and oxygen atoms in total. The summed E-state index contributed by atoms with van der Waals surface area (Å²) in [5.74, 6) is 0.878. The Balaban J connectivity index is 2.09. The molecular formula is C21H26N2O2. The lowest BCUT2D eigenvalue weighted by atomic mass is 10.00. The second-order valence-electron chi connectivity index (χ2n) is 6.77. The maximum atomic E-state index is 13.2. The molecule has 2 atom stereocenters. The number of nitrogens with zero attached hydrogens (tertiary/aromatic N) is 1. The van der Waals surface area contributed by atoms with E-state index in [9.17, 15) is 4.79 Å². The van der Waals surface area contributed by atoms with Crippen LogP contribution in [-0.4, -0.2) is 23.0 Å².